The minimum absolute atomic E-state index is 0.347. The molecule has 1 aliphatic carbocycles. The second kappa shape index (κ2) is 4.66. The first-order valence-corrected chi connectivity index (χ1v) is 7.54. The summed E-state index contributed by atoms with van der Waals surface area (Å²) < 4.78 is 5.37. The third-order valence-electron chi connectivity index (χ3n) is 4.08. The molecule has 0 spiro atoms. The predicted octanol–water partition coefficient (Wildman–Crippen LogP) is 3.60. The van der Waals surface area contributed by atoms with Gasteiger partial charge >= 0.3 is 0 Å². The highest BCUT2D eigenvalue weighted by atomic mass is 32.1. The number of methoxy groups -OCH3 is 1. The van der Waals surface area contributed by atoms with Crippen LogP contribution in [0.5, 0.6) is 5.75 Å². The van der Waals surface area contributed by atoms with Crippen molar-refractivity contribution in [1.29, 1.82) is 0 Å². The highest BCUT2D eigenvalue weighted by Gasteiger charge is 2.36. The lowest BCUT2D eigenvalue weighted by Gasteiger charge is -2.36. The summed E-state index contributed by atoms with van der Waals surface area (Å²) in [4.78, 5) is 1.29. The molecule has 0 saturated heterocycles. The van der Waals surface area contributed by atoms with Gasteiger partial charge in [0.25, 0.3) is 0 Å². The van der Waals surface area contributed by atoms with E-state index in [9.17, 15) is 0 Å². The SMILES string of the molecule is COc1ccc2c(c1)C(N)(c1sccc1C)CCC2. The average molecular weight is 273 g/mol. The molecule has 1 aromatic carbocycles. The van der Waals surface area contributed by atoms with Crippen molar-refractivity contribution in [3.8, 4) is 5.75 Å². The van der Waals surface area contributed by atoms with Crippen LogP contribution in [-0.2, 0) is 12.0 Å². The number of thiophene rings is 1. The molecule has 100 valence electrons. The third-order valence-corrected chi connectivity index (χ3v) is 5.28. The topological polar surface area (TPSA) is 35.2 Å². The molecular weight excluding hydrogens is 254 g/mol. The van der Waals surface area contributed by atoms with Crippen LogP contribution in [0.4, 0.5) is 0 Å². The van der Waals surface area contributed by atoms with E-state index in [0.717, 1.165) is 25.0 Å². The molecule has 0 aliphatic heterocycles. The van der Waals surface area contributed by atoms with Gasteiger partial charge in [-0.15, -0.1) is 11.3 Å². The van der Waals surface area contributed by atoms with Crippen LogP contribution < -0.4 is 10.5 Å². The van der Waals surface area contributed by atoms with Crippen molar-refractivity contribution in [1.82, 2.24) is 0 Å². The quantitative estimate of drug-likeness (QED) is 0.907. The monoisotopic (exact) mass is 273 g/mol. The Morgan fingerprint density at radius 2 is 2.16 bits per heavy atom. The van der Waals surface area contributed by atoms with Gasteiger partial charge in [-0.05, 0) is 66.5 Å². The first-order valence-electron chi connectivity index (χ1n) is 6.66. The first-order chi connectivity index (χ1) is 9.15. The summed E-state index contributed by atoms with van der Waals surface area (Å²) in [7, 11) is 1.71. The summed E-state index contributed by atoms with van der Waals surface area (Å²) in [6.45, 7) is 2.15. The van der Waals surface area contributed by atoms with E-state index in [1.165, 1.54) is 21.6 Å². The molecule has 0 saturated carbocycles. The molecule has 2 nitrogen and oxygen atoms in total. The van der Waals surface area contributed by atoms with Crippen LogP contribution in [0.2, 0.25) is 0 Å². The Balaban J connectivity index is 2.18. The Kier molecular flexibility index (Phi) is 3.11. The highest BCUT2D eigenvalue weighted by molar-refractivity contribution is 7.10. The fourth-order valence-corrected chi connectivity index (χ4v) is 4.16. The van der Waals surface area contributed by atoms with E-state index in [2.05, 4.69) is 30.5 Å². The zero-order valence-corrected chi connectivity index (χ0v) is 12.2. The van der Waals surface area contributed by atoms with Gasteiger partial charge in [-0.2, -0.15) is 0 Å². The molecule has 1 aliphatic rings. The summed E-state index contributed by atoms with van der Waals surface area (Å²) in [6.07, 6.45) is 3.27. The average Bonchev–Trinajstić information content (AvgIpc) is 2.86. The number of hydrogen-bond donors (Lipinski definition) is 1. The molecule has 1 aromatic heterocycles. The number of aryl methyl sites for hydroxylation is 2. The Labute approximate surface area is 118 Å². The molecule has 2 N–H and O–H groups in total. The van der Waals surface area contributed by atoms with Gasteiger partial charge in [0, 0.05) is 4.88 Å². The molecule has 0 amide bonds. The lowest BCUT2D eigenvalue weighted by Crippen LogP contribution is -2.41. The van der Waals surface area contributed by atoms with Crippen molar-refractivity contribution in [3.63, 3.8) is 0 Å². The van der Waals surface area contributed by atoms with Crippen LogP contribution in [-0.4, -0.2) is 7.11 Å². The van der Waals surface area contributed by atoms with Crippen molar-refractivity contribution < 1.29 is 4.74 Å². The number of hydrogen-bond acceptors (Lipinski definition) is 3. The van der Waals surface area contributed by atoms with Crippen LogP contribution in [0.15, 0.2) is 29.6 Å². The van der Waals surface area contributed by atoms with Crippen LogP contribution in [0.3, 0.4) is 0 Å². The molecule has 3 rings (SSSR count). The summed E-state index contributed by atoms with van der Waals surface area (Å²) in [6, 6.07) is 8.47. The van der Waals surface area contributed by atoms with E-state index in [0.29, 0.717) is 0 Å². The summed E-state index contributed by atoms with van der Waals surface area (Å²) in [5.74, 6) is 0.893. The maximum absolute atomic E-state index is 6.82. The van der Waals surface area contributed by atoms with Crippen molar-refractivity contribution in [2.75, 3.05) is 7.11 Å². The lowest BCUT2D eigenvalue weighted by molar-refractivity contribution is 0.405. The van der Waals surface area contributed by atoms with Crippen LogP contribution in [0.25, 0.3) is 0 Å². The maximum atomic E-state index is 6.82. The van der Waals surface area contributed by atoms with Gasteiger partial charge in [-0.25, -0.2) is 0 Å². The van der Waals surface area contributed by atoms with E-state index in [-0.39, 0.29) is 5.54 Å². The standard InChI is InChI=1S/C16H19NOS/c1-11-7-9-19-15(11)16(17)8-3-4-12-5-6-13(18-2)10-14(12)16/h5-7,9-10H,3-4,8,17H2,1-2H3. The van der Waals surface area contributed by atoms with Gasteiger partial charge in [-0.1, -0.05) is 6.07 Å². The van der Waals surface area contributed by atoms with E-state index in [1.54, 1.807) is 18.4 Å². The first kappa shape index (κ1) is 12.7. The van der Waals surface area contributed by atoms with Crippen LogP contribution in [0.1, 0.15) is 34.4 Å². The van der Waals surface area contributed by atoms with Gasteiger partial charge in [0.15, 0.2) is 0 Å². The van der Waals surface area contributed by atoms with Gasteiger partial charge in [-0.3, -0.25) is 0 Å². The minimum atomic E-state index is -0.347. The normalized spacial score (nSPS) is 22.1. The van der Waals surface area contributed by atoms with Gasteiger partial charge in [0.1, 0.15) is 5.75 Å². The van der Waals surface area contributed by atoms with Crippen molar-refractivity contribution in [2.24, 2.45) is 5.73 Å². The fourth-order valence-electron chi connectivity index (χ4n) is 3.07. The van der Waals surface area contributed by atoms with Crippen molar-refractivity contribution in [3.05, 3.63) is 51.2 Å². The minimum Gasteiger partial charge on any atom is -0.497 e. The fraction of sp³-hybridized carbons (Fsp3) is 0.375. The molecule has 0 radical (unpaired) electrons. The van der Waals surface area contributed by atoms with Crippen LogP contribution >= 0.6 is 11.3 Å². The second-order valence-corrected chi connectivity index (χ2v) is 6.20. The Hall–Kier alpha value is -1.32. The molecule has 3 heteroatoms. The largest absolute Gasteiger partial charge is 0.497 e. The summed E-state index contributed by atoms with van der Waals surface area (Å²) in [5.41, 5.74) is 10.4. The molecular formula is C16H19NOS. The van der Waals surface area contributed by atoms with Gasteiger partial charge in [0.05, 0.1) is 12.6 Å². The number of ether oxygens (including phenoxy) is 1. The number of nitrogens with two attached hydrogens (primary N) is 1. The Bertz CT molecular complexity index is 605. The number of benzene rings is 1. The van der Waals surface area contributed by atoms with Gasteiger partial charge in [0.2, 0.25) is 0 Å². The molecule has 1 atom stereocenters. The molecule has 1 heterocycles. The Morgan fingerprint density at radius 1 is 1.32 bits per heavy atom. The zero-order chi connectivity index (χ0) is 13.5. The predicted molar refractivity (Wildman–Crippen MR) is 80.0 cm³/mol. The molecule has 2 aromatic rings. The Morgan fingerprint density at radius 3 is 2.84 bits per heavy atom. The third kappa shape index (κ3) is 1.97. The number of rotatable bonds is 2. The second-order valence-electron chi connectivity index (χ2n) is 5.28. The van der Waals surface area contributed by atoms with Crippen molar-refractivity contribution >= 4 is 11.3 Å². The van der Waals surface area contributed by atoms with E-state index in [1.807, 2.05) is 6.07 Å². The van der Waals surface area contributed by atoms with E-state index < -0.39 is 0 Å². The summed E-state index contributed by atoms with van der Waals surface area (Å²) in [5, 5.41) is 2.13. The van der Waals surface area contributed by atoms with Crippen LogP contribution in [0, 0.1) is 6.92 Å². The maximum Gasteiger partial charge on any atom is 0.119 e. The molecule has 19 heavy (non-hydrogen) atoms. The molecule has 0 bridgehead atoms. The molecule has 1 unspecified atom stereocenters. The smallest absolute Gasteiger partial charge is 0.119 e. The molecule has 0 fully saturated rings. The van der Waals surface area contributed by atoms with E-state index >= 15 is 0 Å². The lowest BCUT2D eigenvalue weighted by atomic mass is 9.75. The highest BCUT2D eigenvalue weighted by Crippen LogP contribution is 2.43. The van der Waals surface area contributed by atoms with E-state index in [4.69, 9.17) is 10.5 Å². The summed E-state index contributed by atoms with van der Waals surface area (Å²) >= 11 is 1.77. The van der Waals surface area contributed by atoms with Gasteiger partial charge < -0.3 is 10.5 Å². The zero-order valence-electron chi connectivity index (χ0n) is 11.4. The van der Waals surface area contributed by atoms with Crippen molar-refractivity contribution in [2.45, 2.75) is 31.7 Å². The number of fused-ring (bicyclic) bond motifs is 1.